The number of carboxylic acid groups (broad SMARTS) is 6. The Labute approximate surface area is 176 Å². The predicted molar refractivity (Wildman–Crippen MR) is 57.5 cm³/mol. The molecular weight excluding hydrogens is 730 g/mol. The molecule has 0 N–H and O–H groups in total. The smallest absolute Gasteiger partial charge is 0.545 e. The van der Waals surface area contributed by atoms with Crippen LogP contribution in [0.25, 0.3) is 0 Å². The van der Waals surface area contributed by atoms with Gasteiger partial charge in [0.05, 0.1) is 35.8 Å². The van der Waals surface area contributed by atoms with E-state index in [4.69, 9.17) is 0 Å². The summed E-state index contributed by atoms with van der Waals surface area (Å²) < 4.78 is 0. The van der Waals surface area contributed by atoms with Crippen molar-refractivity contribution in [2.24, 2.45) is 0 Å². The van der Waals surface area contributed by atoms with E-state index in [1.807, 2.05) is 0 Å². The van der Waals surface area contributed by atoms with Crippen LogP contribution >= 0.6 is 0 Å². The number of carbonyl (C=O) groups excluding carboxylic acids is 6. The molecule has 0 bridgehead atoms. The second kappa shape index (κ2) is 22.5. The van der Waals surface area contributed by atoms with Crippen LogP contribution in [0.5, 0.6) is 0 Å². The van der Waals surface area contributed by atoms with Crippen LogP contribution in [0.3, 0.4) is 0 Å². The Bertz CT molecular complexity index is 448. The Balaban J connectivity index is -0.0000000817. The number of aliphatic carboxylic acids is 6. The monoisotopic (exact) mass is 736 g/mol. The minimum absolute atomic E-state index is 0. The summed E-state index contributed by atoms with van der Waals surface area (Å²) in [5.41, 5.74) is 0. The van der Waals surface area contributed by atoms with Crippen molar-refractivity contribution in [1.82, 2.24) is 0 Å². The van der Waals surface area contributed by atoms with Crippen LogP contribution in [0.15, 0.2) is 36.5 Å². The molecule has 0 atom stereocenters. The van der Waals surface area contributed by atoms with Crippen molar-refractivity contribution in [2.45, 2.75) is 0 Å². The van der Waals surface area contributed by atoms with Crippen molar-refractivity contribution in [3.8, 4) is 0 Å². The third-order valence-corrected chi connectivity index (χ3v) is 1.07. The van der Waals surface area contributed by atoms with Gasteiger partial charge >= 0.3 is 44.8 Å². The van der Waals surface area contributed by atoms with Crippen LogP contribution in [0.2, 0.25) is 0 Å². The topological polar surface area (TPSA) is 241 Å². The van der Waals surface area contributed by atoms with Gasteiger partial charge < -0.3 is 59.4 Å². The molecule has 0 aliphatic heterocycles. The van der Waals surface area contributed by atoms with Gasteiger partial charge in [0.25, 0.3) is 0 Å². The van der Waals surface area contributed by atoms with Crippen LogP contribution in [0.4, 0.5) is 0 Å². The van der Waals surface area contributed by atoms with E-state index in [1.54, 1.807) is 0 Å². The van der Waals surface area contributed by atoms with E-state index in [2.05, 4.69) is 0 Å². The molecule has 0 fully saturated rings. The quantitative estimate of drug-likeness (QED) is 0.183. The largest absolute Gasteiger partial charge is 3.00 e. The zero-order valence-corrected chi connectivity index (χ0v) is 16.3. The molecule has 0 aromatic rings. The second-order valence-electron chi connectivity index (χ2n) is 2.91. The van der Waals surface area contributed by atoms with Crippen LogP contribution in [-0.4, -0.2) is 35.8 Å². The summed E-state index contributed by atoms with van der Waals surface area (Å²) in [5, 5.41) is 56.5. The Morgan fingerprint density at radius 1 is 0.346 bits per heavy atom. The number of rotatable bonds is 6. The van der Waals surface area contributed by atoms with Gasteiger partial charge in [-0.2, -0.15) is 0 Å². The Morgan fingerprint density at radius 3 is 0.462 bits per heavy atom. The first-order valence-corrected chi connectivity index (χ1v) is 5.18. The second-order valence-corrected chi connectivity index (χ2v) is 2.91. The zero-order chi connectivity index (χ0) is 19.7. The molecule has 0 saturated carbocycles. The van der Waals surface area contributed by atoms with Gasteiger partial charge in [-0.15, -0.1) is 0 Å². The maximum atomic E-state index is 9.41. The van der Waals surface area contributed by atoms with E-state index in [-0.39, 0.29) is 44.8 Å². The Hall–Kier alpha value is -2.48. The first-order chi connectivity index (χ1) is 10.9. The maximum Gasteiger partial charge on any atom is 3.00 e. The normalized spacial score (nSPS) is 8.77. The van der Waals surface area contributed by atoms with Crippen LogP contribution in [-0.2, 0) is 73.5 Å². The number of hydrogen-bond acceptors (Lipinski definition) is 12. The van der Waals surface area contributed by atoms with E-state index in [1.165, 1.54) is 0 Å². The fourth-order valence-corrected chi connectivity index (χ4v) is 0.408. The van der Waals surface area contributed by atoms with Gasteiger partial charge in [0, 0.05) is 0 Å². The molecule has 0 aromatic heterocycles. The third kappa shape index (κ3) is 57.8. The summed E-state index contributed by atoms with van der Waals surface area (Å²) in [7, 11) is 0. The number of hydrogen-bond donors (Lipinski definition) is 0. The predicted octanol–water partition coefficient (Wildman–Crippen LogP) is -8.88. The summed E-state index contributed by atoms with van der Waals surface area (Å²) in [6.45, 7) is 0. The average Bonchev–Trinajstić information content (AvgIpc) is 2.42. The molecule has 0 amide bonds. The minimum Gasteiger partial charge on any atom is -0.545 e. The standard InChI is InChI=1S/3C4H4O4.2Au/c3*5-3(6)1-2-4(7)8;;/h3*1-2H,(H,5,6)(H,7,8);;/q;;;2*+3/p-6/b3*2-1-;;. The van der Waals surface area contributed by atoms with E-state index in [0.717, 1.165) is 0 Å². The van der Waals surface area contributed by atoms with Gasteiger partial charge in [0.1, 0.15) is 0 Å². The van der Waals surface area contributed by atoms with E-state index >= 15 is 0 Å². The molecule has 12 nitrogen and oxygen atoms in total. The van der Waals surface area contributed by atoms with Crippen LogP contribution in [0.1, 0.15) is 0 Å². The van der Waals surface area contributed by atoms with Gasteiger partial charge in [0.15, 0.2) is 0 Å². The Morgan fingerprint density at radius 2 is 0.423 bits per heavy atom. The van der Waals surface area contributed by atoms with Gasteiger partial charge in [-0.05, 0) is 36.5 Å². The van der Waals surface area contributed by atoms with Gasteiger partial charge in [0.2, 0.25) is 0 Å². The van der Waals surface area contributed by atoms with Crippen molar-refractivity contribution in [2.75, 3.05) is 0 Å². The van der Waals surface area contributed by atoms with Crippen molar-refractivity contribution in [3.05, 3.63) is 36.5 Å². The van der Waals surface area contributed by atoms with E-state index < -0.39 is 35.8 Å². The molecule has 26 heavy (non-hydrogen) atoms. The maximum absolute atomic E-state index is 9.41. The summed E-state index contributed by atoms with van der Waals surface area (Å²) in [5.74, 6) is -9.28. The first-order valence-electron chi connectivity index (χ1n) is 5.18. The summed E-state index contributed by atoms with van der Waals surface area (Å²) >= 11 is 0. The molecule has 0 spiro atoms. The summed E-state index contributed by atoms with van der Waals surface area (Å²) in [6.07, 6.45) is 2.31. The van der Waals surface area contributed by atoms with Gasteiger partial charge in [-0.25, -0.2) is 0 Å². The summed E-state index contributed by atoms with van der Waals surface area (Å²) in [6, 6.07) is 0. The molecule has 0 aliphatic carbocycles. The SMILES string of the molecule is O=C([O-])/C=C\C(=O)[O-].O=C([O-])/C=C\C(=O)[O-].O=C([O-])/C=C\C(=O)[O-].[Au+3].[Au+3]. The van der Waals surface area contributed by atoms with Crippen molar-refractivity contribution >= 4 is 35.8 Å². The fraction of sp³-hybridized carbons (Fsp3) is 0. The first kappa shape index (κ1) is 34.8. The average molecular weight is 736 g/mol. The van der Waals surface area contributed by atoms with E-state index in [0.29, 0.717) is 36.5 Å². The number of carboxylic acids is 6. The fourth-order valence-electron chi connectivity index (χ4n) is 0.408. The summed E-state index contributed by atoms with van der Waals surface area (Å²) in [4.78, 5) is 56.5. The molecule has 0 unspecified atom stereocenters. The van der Waals surface area contributed by atoms with E-state index in [9.17, 15) is 59.4 Å². The molecule has 0 rings (SSSR count). The molecule has 0 saturated heterocycles. The molecule has 0 radical (unpaired) electrons. The molecule has 0 aliphatic rings. The van der Waals surface area contributed by atoms with Crippen LogP contribution < -0.4 is 30.6 Å². The molecule has 0 aromatic carbocycles. The zero-order valence-electron chi connectivity index (χ0n) is 12.0. The third-order valence-electron chi connectivity index (χ3n) is 1.07. The van der Waals surface area contributed by atoms with Crippen molar-refractivity contribution in [1.29, 1.82) is 0 Å². The van der Waals surface area contributed by atoms with Crippen molar-refractivity contribution in [3.63, 3.8) is 0 Å². The number of carbonyl (C=O) groups is 6. The van der Waals surface area contributed by atoms with Gasteiger partial charge in [-0.1, -0.05) is 0 Å². The minimum atomic E-state index is -1.55. The van der Waals surface area contributed by atoms with Gasteiger partial charge in [-0.3, -0.25) is 0 Å². The van der Waals surface area contributed by atoms with Crippen LogP contribution in [0, 0.1) is 0 Å². The molecular formula is C12H6Au2O12. The molecule has 0 heterocycles. The Kier molecular flexibility index (Phi) is 30.1. The molecule has 14 heteroatoms. The molecule has 148 valence electrons. The van der Waals surface area contributed by atoms with Crippen molar-refractivity contribution < 1.29 is 104 Å².